The summed E-state index contributed by atoms with van der Waals surface area (Å²) < 4.78 is 7.44. The van der Waals surface area contributed by atoms with Crippen LogP contribution < -0.4 is 10.1 Å². The van der Waals surface area contributed by atoms with Gasteiger partial charge in [0.2, 0.25) is 5.88 Å². The number of hydrogen-bond acceptors (Lipinski definition) is 5. The number of nitrogens with one attached hydrogen (secondary N) is 1. The van der Waals surface area contributed by atoms with Gasteiger partial charge in [0, 0.05) is 25.0 Å². The minimum absolute atomic E-state index is 0.204. The van der Waals surface area contributed by atoms with Crippen molar-refractivity contribution in [1.29, 1.82) is 0 Å². The average Bonchev–Trinajstić information content (AvgIpc) is 3.01. The van der Waals surface area contributed by atoms with E-state index < -0.39 is 0 Å². The standard InChI is InChI=1S/C11H13N5O/c1-3-15-16(5-1)10-6-11(14-8-13-10)17-9-2-4-12-7-9/h1,3,5-6,8-9,12H,2,4,7H2. The zero-order valence-electron chi connectivity index (χ0n) is 9.28. The molecule has 6 nitrogen and oxygen atoms in total. The predicted molar refractivity (Wildman–Crippen MR) is 61.1 cm³/mol. The van der Waals surface area contributed by atoms with Crippen molar-refractivity contribution < 1.29 is 4.74 Å². The van der Waals surface area contributed by atoms with Crippen LogP contribution in [-0.4, -0.2) is 38.9 Å². The highest BCUT2D eigenvalue weighted by Gasteiger charge is 2.16. The summed E-state index contributed by atoms with van der Waals surface area (Å²) in [5, 5.41) is 7.37. The molecule has 1 unspecified atom stereocenters. The fourth-order valence-electron chi connectivity index (χ4n) is 1.82. The van der Waals surface area contributed by atoms with Crippen molar-refractivity contribution >= 4 is 0 Å². The first-order valence-electron chi connectivity index (χ1n) is 5.61. The zero-order valence-corrected chi connectivity index (χ0v) is 9.28. The van der Waals surface area contributed by atoms with E-state index in [1.165, 1.54) is 6.33 Å². The first-order chi connectivity index (χ1) is 8.42. The average molecular weight is 231 g/mol. The highest BCUT2D eigenvalue weighted by molar-refractivity contribution is 5.25. The van der Waals surface area contributed by atoms with Crippen molar-refractivity contribution in [2.75, 3.05) is 13.1 Å². The van der Waals surface area contributed by atoms with Crippen molar-refractivity contribution in [1.82, 2.24) is 25.1 Å². The van der Waals surface area contributed by atoms with Crippen LogP contribution in [0, 0.1) is 0 Å². The third-order valence-corrected chi connectivity index (χ3v) is 2.67. The van der Waals surface area contributed by atoms with Gasteiger partial charge < -0.3 is 10.1 Å². The van der Waals surface area contributed by atoms with Crippen LogP contribution in [0.15, 0.2) is 30.9 Å². The molecule has 2 aromatic heterocycles. The molecule has 3 heterocycles. The number of rotatable bonds is 3. The minimum atomic E-state index is 0.204. The summed E-state index contributed by atoms with van der Waals surface area (Å²) in [5.41, 5.74) is 0. The van der Waals surface area contributed by atoms with Crippen molar-refractivity contribution in [3.8, 4) is 11.7 Å². The lowest BCUT2D eigenvalue weighted by Crippen LogP contribution is -2.20. The molecular weight excluding hydrogens is 218 g/mol. The molecule has 0 aliphatic carbocycles. The maximum Gasteiger partial charge on any atom is 0.218 e. The maximum atomic E-state index is 5.76. The van der Waals surface area contributed by atoms with Gasteiger partial charge in [0.05, 0.1) is 0 Å². The minimum Gasteiger partial charge on any atom is -0.473 e. The van der Waals surface area contributed by atoms with Crippen molar-refractivity contribution in [2.24, 2.45) is 0 Å². The lowest BCUT2D eigenvalue weighted by Gasteiger charge is -2.11. The van der Waals surface area contributed by atoms with Gasteiger partial charge in [-0.05, 0) is 19.0 Å². The topological polar surface area (TPSA) is 64.9 Å². The molecule has 0 aromatic carbocycles. The largest absolute Gasteiger partial charge is 0.473 e. The van der Waals surface area contributed by atoms with Crippen LogP contribution in [0.5, 0.6) is 5.88 Å². The number of nitrogens with zero attached hydrogens (tertiary/aromatic N) is 4. The monoisotopic (exact) mass is 231 g/mol. The molecule has 1 aliphatic heterocycles. The Morgan fingerprint density at radius 1 is 1.41 bits per heavy atom. The zero-order chi connectivity index (χ0) is 11.5. The van der Waals surface area contributed by atoms with Gasteiger partial charge in [-0.3, -0.25) is 0 Å². The van der Waals surface area contributed by atoms with Crippen LogP contribution in [0.1, 0.15) is 6.42 Å². The Morgan fingerprint density at radius 2 is 2.41 bits per heavy atom. The Morgan fingerprint density at radius 3 is 3.18 bits per heavy atom. The number of ether oxygens (including phenoxy) is 1. The molecule has 3 rings (SSSR count). The van der Waals surface area contributed by atoms with Gasteiger partial charge in [-0.2, -0.15) is 5.10 Å². The van der Waals surface area contributed by atoms with Gasteiger partial charge in [0.1, 0.15) is 12.4 Å². The molecule has 88 valence electrons. The molecular formula is C11H13N5O. The normalized spacial score (nSPS) is 19.4. The first kappa shape index (κ1) is 10.2. The molecule has 1 saturated heterocycles. The highest BCUT2D eigenvalue weighted by atomic mass is 16.5. The van der Waals surface area contributed by atoms with Crippen LogP contribution in [0.4, 0.5) is 0 Å². The molecule has 1 aliphatic rings. The molecule has 0 saturated carbocycles. The summed E-state index contributed by atoms with van der Waals surface area (Å²) in [6.45, 7) is 1.88. The smallest absolute Gasteiger partial charge is 0.218 e. The van der Waals surface area contributed by atoms with Crippen molar-refractivity contribution in [3.63, 3.8) is 0 Å². The van der Waals surface area contributed by atoms with E-state index in [2.05, 4.69) is 20.4 Å². The summed E-state index contributed by atoms with van der Waals surface area (Å²) in [5.74, 6) is 1.31. The Hall–Kier alpha value is -1.95. The summed E-state index contributed by atoms with van der Waals surface area (Å²) in [6, 6.07) is 3.65. The van der Waals surface area contributed by atoms with Crippen LogP contribution in [0.3, 0.4) is 0 Å². The second-order valence-corrected chi connectivity index (χ2v) is 3.90. The van der Waals surface area contributed by atoms with Gasteiger partial charge in [0.25, 0.3) is 0 Å². The van der Waals surface area contributed by atoms with Crippen molar-refractivity contribution in [2.45, 2.75) is 12.5 Å². The molecule has 6 heteroatoms. The Kier molecular flexibility index (Phi) is 2.71. The molecule has 1 fully saturated rings. The fraction of sp³-hybridized carbons (Fsp3) is 0.364. The van der Waals surface area contributed by atoms with E-state index in [4.69, 9.17) is 4.74 Å². The van der Waals surface area contributed by atoms with Gasteiger partial charge >= 0.3 is 0 Å². The fourth-order valence-corrected chi connectivity index (χ4v) is 1.82. The molecule has 1 atom stereocenters. The van der Waals surface area contributed by atoms with Crippen LogP contribution >= 0.6 is 0 Å². The van der Waals surface area contributed by atoms with E-state index in [1.807, 2.05) is 12.3 Å². The first-order valence-corrected chi connectivity index (χ1v) is 5.61. The summed E-state index contributed by atoms with van der Waals surface area (Å²) >= 11 is 0. The van der Waals surface area contributed by atoms with E-state index >= 15 is 0 Å². The van der Waals surface area contributed by atoms with Crippen molar-refractivity contribution in [3.05, 3.63) is 30.9 Å². The summed E-state index contributed by atoms with van der Waals surface area (Å²) in [6.07, 6.45) is 6.26. The van der Waals surface area contributed by atoms with Gasteiger partial charge in [-0.25, -0.2) is 14.6 Å². The third kappa shape index (κ3) is 2.26. The van der Waals surface area contributed by atoms with Crippen LogP contribution in [-0.2, 0) is 0 Å². The highest BCUT2D eigenvalue weighted by Crippen LogP contribution is 2.14. The molecule has 0 bridgehead atoms. The predicted octanol–water partition coefficient (Wildman–Crippen LogP) is 0.403. The van der Waals surface area contributed by atoms with E-state index in [1.54, 1.807) is 16.9 Å². The van der Waals surface area contributed by atoms with E-state index in [-0.39, 0.29) is 6.10 Å². The van der Waals surface area contributed by atoms with Gasteiger partial charge in [0.15, 0.2) is 5.82 Å². The van der Waals surface area contributed by atoms with Gasteiger partial charge in [-0.1, -0.05) is 0 Å². The molecule has 1 N–H and O–H groups in total. The Balaban J connectivity index is 1.79. The van der Waals surface area contributed by atoms with E-state index in [0.29, 0.717) is 11.7 Å². The number of hydrogen-bond donors (Lipinski definition) is 1. The SMILES string of the molecule is c1cnn(-c2cc(OC3CCNC3)ncn2)c1. The van der Waals surface area contributed by atoms with E-state index in [0.717, 1.165) is 19.5 Å². The third-order valence-electron chi connectivity index (χ3n) is 2.67. The molecule has 2 aromatic rings. The van der Waals surface area contributed by atoms with Crippen LogP contribution in [0.2, 0.25) is 0 Å². The second-order valence-electron chi connectivity index (χ2n) is 3.90. The molecule has 0 spiro atoms. The number of aromatic nitrogens is 4. The Bertz CT molecular complexity index is 478. The Labute approximate surface area is 98.7 Å². The van der Waals surface area contributed by atoms with Gasteiger partial charge in [-0.15, -0.1) is 0 Å². The lowest BCUT2D eigenvalue weighted by atomic mass is 10.3. The van der Waals surface area contributed by atoms with Crippen LogP contribution in [0.25, 0.3) is 5.82 Å². The molecule has 0 radical (unpaired) electrons. The quantitative estimate of drug-likeness (QED) is 0.828. The van der Waals surface area contributed by atoms with E-state index in [9.17, 15) is 0 Å². The molecule has 17 heavy (non-hydrogen) atoms. The summed E-state index contributed by atoms with van der Waals surface area (Å²) in [4.78, 5) is 8.26. The second kappa shape index (κ2) is 4.50. The maximum absolute atomic E-state index is 5.76. The molecule has 0 amide bonds. The summed E-state index contributed by atoms with van der Waals surface area (Å²) in [7, 11) is 0. The lowest BCUT2D eigenvalue weighted by molar-refractivity contribution is 0.213.